The number of rotatable bonds is 11. The fourth-order valence-corrected chi connectivity index (χ4v) is 5.09. The zero-order valence-corrected chi connectivity index (χ0v) is 21.9. The summed E-state index contributed by atoms with van der Waals surface area (Å²) in [4.78, 5) is 22.1. The molecule has 0 radical (unpaired) electrons. The number of nitrogens with one attached hydrogen (secondary N) is 2. The molecule has 10 nitrogen and oxygen atoms in total. The number of carboxylic acids is 2. The number of phenols is 2. The van der Waals surface area contributed by atoms with Gasteiger partial charge in [-0.05, 0) is 60.4 Å². The molecule has 1 aliphatic rings. The molecule has 10 heteroatoms. The van der Waals surface area contributed by atoms with Gasteiger partial charge in [0.2, 0.25) is 0 Å². The largest absolute Gasteiger partial charge is 0.507 e. The normalized spacial score (nSPS) is 15.7. The van der Waals surface area contributed by atoms with Crippen LogP contribution < -0.4 is 10.6 Å². The predicted molar refractivity (Wildman–Crippen MR) is 142 cm³/mol. The van der Waals surface area contributed by atoms with Crippen molar-refractivity contribution in [2.45, 2.75) is 38.8 Å². The van der Waals surface area contributed by atoms with Gasteiger partial charge in [-0.1, -0.05) is 24.3 Å². The maximum Gasteiger partial charge on any atom is 0.317 e. The summed E-state index contributed by atoms with van der Waals surface area (Å²) in [7, 11) is 1.55. The van der Waals surface area contributed by atoms with Crippen LogP contribution in [0.5, 0.6) is 11.5 Å². The van der Waals surface area contributed by atoms with Crippen LogP contribution in [0.25, 0.3) is 0 Å². The van der Waals surface area contributed by atoms with Crippen LogP contribution in [-0.2, 0) is 37.8 Å². The van der Waals surface area contributed by atoms with Crippen molar-refractivity contribution in [2.75, 3.05) is 20.2 Å². The molecule has 0 saturated heterocycles. The average Bonchev–Trinajstić information content (AvgIpc) is 3.24. The predicted octanol–water partition coefficient (Wildman–Crippen LogP) is 3.03. The Kier molecular flexibility index (Phi) is 8.22. The van der Waals surface area contributed by atoms with Crippen LogP contribution in [0.4, 0.5) is 0 Å². The fourth-order valence-electron chi connectivity index (χ4n) is 5.09. The maximum absolute atomic E-state index is 11.0. The molecule has 0 saturated carbocycles. The first kappa shape index (κ1) is 28.1. The van der Waals surface area contributed by atoms with Crippen molar-refractivity contribution in [1.82, 2.24) is 10.6 Å². The molecule has 1 heterocycles. The standard InChI is InChI=1S/C29H32N2O8/c1-16-8-20(10-18(26(16)36)12-30-14-24(32)33)29(23-7-5-4-6-22(23)28(38-3)39-29)21-9-17(2)27(37)19(11-21)13-31-15-25(34)35/h4-11,28,30-31,36-37H,12-15H2,1-3H3,(H,32,33)(H,34,35). The molecule has 206 valence electrons. The monoisotopic (exact) mass is 536 g/mol. The lowest BCUT2D eigenvalue weighted by atomic mass is 9.77. The van der Waals surface area contributed by atoms with Gasteiger partial charge in [0.1, 0.15) is 17.1 Å². The van der Waals surface area contributed by atoms with Gasteiger partial charge < -0.3 is 40.5 Å². The molecule has 0 bridgehead atoms. The Morgan fingerprint density at radius 1 is 0.872 bits per heavy atom. The molecule has 0 fully saturated rings. The van der Waals surface area contributed by atoms with E-state index in [1.54, 1.807) is 33.1 Å². The van der Waals surface area contributed by atoms with E-state index >= 15 is 0 Å². The van der Waals surface area contributed by atoms with Gasteiger partial charge >= 0.3 is 11.9 Å². The van der Waals surface area contributed by atoms with Crippen molar-refractivity contribution in [2.24, 2.45) is 0 Å². The highest BCUT2D eigenvalue weighted by Crippen LogP contribution is 2.53. The number of carboxylic acid groups (broad SMARTS) is 2. The van der Waals surface area contributed by atoms with Crippen LogP contribution in [0.2, 0.25) is 0 Å². The SMILES string of the molecule is COC1OC(c2cc(C)c(O)c(CNCC(=O)O)c2)(c2cc(C)c(O)c(CNCC(=O)O)c2)c2ccccc21. The van der Waals surface area contributed by atoms with E-state index in [9.17, 15) is 19.8 Å². The average molecular weight is 537 g/mol. The lowest BCUT2D eigenvalue weighted by molar-refractivity contribution is -0.160. The number of hydrogen-bond acceptors (Lipinski definition) is 8. The lowest BCUT2D eigenvalue weighted by Crippen LogP contribution is -2.31. The van der Waals surface area contributed by atoms with Gasteiger partial charge in [0.25, 0.3) is 0 Å². The van der Waals surface area contributed by atoms with Crippen molar-refractivity contribution in [3.63, 3.8) is 0 Å². The number of hydrogen-bond donors (Lipinski definition) is 6. The Labute approximate surface area is 225 Å². The highest BCUT2D eigenvalue weighted by atomic mass is 16.7. The topological polar surface area (TPSA) is 158 Å². The van der Waals surface area contributed by atoms with Gasteiger partial charge in [0.05, 0.1) is 13.1 Å². The quantitative estimate of drug-likeness (QED) is 0.215. The number of methoxy groups -OCH3 is 1. The molecule has 6 N–H and O–H groups in total. The van der Waals surface area contributed by atoms with Crippen molar-refractivity contribution in [3.8, 4) is 11.5 Å². The van der Waals surface area contributed by atoms with Crippen molar-refractivity contribution < 1.29 is 39.5 Å². The van der Waals surface area contributed by atoms with Crippen LogP contribution in [0.3, 0.4) is 0 Å². The molecule has 39 heavy (non-hydrogen) atoms. The second-order valence-electron chi connectivity index (χ2n) is 9.55. The highest BCUT2D eigenvalue weighted by Gasteiger charge is 2.48. The van der Waals surface area contributed by atoms with Gasteiger partial charge in [0, 0.05) is 42.5 Å². The summed E-state index contributed by atoms with van der Waals surface area (Å²) in [6, 6.07) is 14.8. The van der Waals surface area contributed by atoms with Crippen LogP contribution in [0.15, 0.2) is 48.5 Å². The van der Waals surface area contributed by atoms with E-state index in [-0.39, 0.29) is 37.7 Å². The van der Waals surface area contributed by atoms with Crippen molar-refractivity contribution in [3.05, 3.63) is 93.0 Å². The summed E-state index contributed by atoms with van der Waals surface area (Å²) in [6.07, 6.45) is -0.716. The number of carbonyl (C=O) groups is 2. The molecule has 0 aliphatic carbocycles. The van der Waals surface area contributed by atoms with Crippen LogP contribution in [-0.4, -0.2) is 52.6 Å². The second-order valence-corrected chi connectivity index (χ2v) is 9.55. The maximum atomic E-state index is 11.0. The first-order valence-electron chi connectivity index (χ1n) is 12.4. The minimum absolute atomic E-state index is 0.0433. The van der Waals surface area contributed by atoms with Crippen molar-refractivity contribution in [1.29, 1.82) is 0 Å². The third-order valence-corrected chi connectivity index (χ3v) is 6.85. The summed E-state index contributed by atoms with van der Waals surface area (Å²) in [5.74, 6) is -1.94. The summed E-state index contributed by atoms with van der Waals surface area (Å²) in [5.41, 5.74) is 3.86. The van der Waals surface area contributed by atoms with Gasteiger partial charge in [-0.2, -0.15) is 0 Å². The molecular formula is C29H32N2O8. The van der Waals surface area contributed by atoms with Crippen LogP contribution in [0.1, 0.15) is 50.8 Å². The van der Waals surface area contributed by atoms with E-state index in [1.807, 2.05) is 36.4 Å². The smallest absolute Gasteiger partial charge is 0.317 e. The van der Waals surface area contributed by atoms with E-state index < -0.39 is 23.8 Å². The summed E-state index contributed by atoms with van der Waals surface area (Å²) in [5, 5.41) is 45.3. The fraction of sp³-hybridized carbons (Fsp3) is 0.310. The highest BCUT2D eigenvalue weighted by molar-refractivity contribution is 5.69. The Morgan fingerprint density at radius 2 is 1.36 bits per heavy atom. The Morgan fingerprint density at radius 3 is 1.82 bits per heavy atom. The van der Waals surface area contributed by atoms with Crippen LogP contribution in [0, 0.1) is 13.8 Å². The molecule has 1 unspecified atom stereocenters. The zero-order valence-electron chi connectivity index (χ0n) is 21.9. The number of aromatic hydroxyl groups is 2. The Hall–Kier alpha value is -3.96. The van der Waals surface area contributed by atoms with Crippen LogP contribution >= 0.6 is 0 Å². The van der Waals surface area contributed by atoms with E-state index in [1.165, 1.54) is 0 Å². The van der Waals surface area contributed by atoms with E-state index in [4.69, 9.17) is 19.7 Å². The summed E-state index contributed by atoms with van der Waals surface area (Å²) >= 11 is 0. The van der Waals surface area contributed by atoms with E-state index in [0.29, 0.717) is 33.4 Å². The summed E-state index contributed by atoms with van der Waals surface area (Å²) in [6.45, 7) is 3.18. The number of ether oxygens (including phenoxy) is 2. The number of benzene rings is 3. The third-order valence-electron chi connectivity index (χ3n) is 6.85. The molecular weight excluding hydrogens is 504 g/mol. The third kappa shape index (κ3) is 5.45. The summed E-state index contributed by atoms with van der Waals surface area (Å²) < 4.78 is 12.4. The minimum atomic E-state index is -1.22. The van der Waals surface area contributed by atoms with Gasteiger partial charge in [-0.15, -0.1) is 0 Å². The molecule has 0 aromatic heterocycles. The molecule has 1 aliphatic heterocycles. The first-order valence-corrected chi connectivity index (χ1v) is 12.4. The molecule has 0 spiro atoms. The van der Waals surface area contributed by atoms with Gasteiger partial charge in [-0.25, -0.2) is 0 Å². The molecule has 4 rings (SSSR count). The Bertz CT molecular complexity index is 1330. The Balaban J connectivity index is 1.94. The number of aryl methyl sites for hydroxylation is 2. The first-order chi connectivity index (χ1) is 18.6. The number of fused-ring (bicyclic) bond motifs is 1. The molecule has 3 aromatic carbocycles. The molecule has 1 atom stereocenters. The number of aliphatic carboxylic acids is 2. The number of phenolic OH excluding ortho intramolecular Hbond substituents is 2. The zero-order chi connectivity index (χ0) is 28.3. The molecule has 3 aromatic rings. The van der Waals surface area contributed by atoms with E-state index in [0.717, 1.165) is 11.1 Å². The minimum Gasteiger partial charge on any atom is -0.507 e. The van der Waals surface area contributed by atoms with Crippen molar-refractivity contribution >= 4 is 11.9 Å². The second kappa shape index (κ2) is 11.4. The lowest BCUT2D eigenvalue weighted by Gasteiger charge is -2.33. The van der Waals surface area contributed by atoms with Gasteiger partial charge in [0.15, 0.2) is 6.29 Å². The van der Waals surface area contributed by atoms with E-state index in [2.05, 4.69) is 10.6 Å². The van der Waals surface area contributed by atoms with Gasteiger partial charge in [-0.3, -0.25) is 9.59 Å². The molecule has 0 amide bonds.